The maximum atomic E-state index is 6.42. The Bertz CT molecular complexity index is 622. The average Bonchev–Trinajstić information content (AvgIpc) is 2.40. The van der Waals surface area contributed by atoms with Gasteiger partial charge in [-0.1, -0.05) is 17.7 Å². The van der Waals surface area contributed by atoms with E-state index in [1.54, 1.807) is 6.20 Å². The molecule has 0 saturated carbocycles. The van der Waals surface area contributed by atoms with Gasteiger partial charge in [0.05, 0.1) is 16.2 Å². The maximum Gasteiger partial charge on any atom is 0.0829 e. The summed E-state index contributed by atoms with van der Waals surface area (Å²) in [6.07, 6.45) is 1.78. The van der Waals surface area contributed by atoms with E-state index in [0.717, 1.165) is 42.4 Å². The number of pyridine rings is 1. The van der Waals surface area contributed by atoms with Crippen molar-refractivity contribution in [1.29, 1.82) is 0 Å². The molecule has 1 aromatic carbocycles. The highest BCUT2D eigenvalue weighted by Gasteiger charge is 2.18. The molecule has 0 radical (unpaired) electrons. The van der Waals surface area contributed by atoms with Gasteiger partial charge in [0.1, 0.15) is 0 Å². The van der Waals surface area contributed by atoms with Crippen LogP contribution >= 0.6 is 24.0 Å². The highest BCUT2D eigenvalue weighted by Crippen LogP contribution is 2.35. The molecule has 1 aromatic heterocycles. The Morgan fingerprint density at radius 3 is 2.60 bits per heavy atom. The monoisotopic (exact) mass is 311 g/mol. The van der Waals surface area contributed by atoms with Crippen molar-refractivity contribution in [1.82, 2.24) is 10.3 Å². The Balaban J connectivity index is 0.00000147. The van der Waals surface area contributed by atoms with E-state index in [9.17, 15) is 0 Å². The minimum atomic E-state index is 0. The third kappa shape index (κ3) is 2.71. The molecule has 0 unspecified atom stereocenters. The van der Waals surface area contributed by atoms with E-state index >= 15 is 0 Å². The summed E-state index contributed by atoms with van der Waals surface area (Å²) in [5, 5.41) is 5.32. The van der Waals surface area contributed by atoms with E-state index in [1.165, 1.54) is 16.5 Å². The number of hydrogen-bond donors (Lipinski definition) is 1. The molecule has 0 bridgehead atoms. The van der Waals surface area contributed by atoms with Crippen molar-refractivity contribution in [2.75, 3.05) is 31.1 Å². The Hall–Kier alpha value is -1.03. The predicted molar refractivity (Wildman–Crippen MR) is 88.6 cm³/mol. The lowest BCUT2D eigenvalue weighted by molar-refractivity contribution is 0.590. The largest absolute Gasteiger partial charge is 0.367 e. The molecule has 5 heteroatoms. The van der Waals surface area contributed by atoms with Crippen LogP contribution in [-0.2, 0) is 0 Å². The van der Waals surface area contributed by atoms with Crippen LogP contribution in [0.1, 0.15) is 11.1 Å². The Kier molecular flexibility index (Phi) is 4.74. The summed E-state index contributed by atoms with van der Waals surface area (Å²) in [5.74, 6) is 0. The molecular formula is C15H19Cl2N3. The number of fused-ring (bicyclic) bond motifs is 1. The van der Waals surface area contributed by atoms with Crippen LogP contribution in [0, 0.1) is 13.8 Å². The smallest absolute Gasteiger partial charge is 0.0829 e. The van der Waals surface area contributed by atoms with E-state index in [4.69, 9.17) is 11.6 Å². The number of nitrogens with zero attached hydrogens (tertiary/aromatic N) is 2. The van der Waals surface area contributed by atoms with Gasteiger partial charge in [-0.2, -0.15) is 0 Å². The summed E-state index contributed by atoms with van der Waals surface area (Å²) in [6.45, 7) is 8.24. The maximum absolute atomic E-state index is 6.42. The van der Waals surface area contributed by atoms with Crippen LogP contribution in [0.3, 0.4) is 0 Å². The Morgan fingerprint density at radius 2 is 1.90 bits per heavy atom. The van der Waals surface area contributed by atoms with Gasteiger partial charge in [-0.15, -0.1) is 12.4 Å². The number of benzene rings is 1. The van der Waals surface area contributed by atoms with Crippen molar-refractivity contribution in [2.45, 2.75) is 13.8 Å². The van der Waals surface area contributed by atoms with Crippen molar-refractivity contribution in [3.05, 3.63) is 34.5 Å². The van der Waals surface area contributed by atoms with Crippen molar-refractivity contribution in [3.8, 4) is 0 Å². The number of aryl methyl sites for hydroxylation is 2. The van der Waals surface area contributed by atoms with Gasteiger partial charge in [-0.05, 0) is 31.0 Å². The van der Waals surface area contributed by atoms with Crippen LogP contribution in [0.2, 0.25) is 5.02 Å². The molecule has 2 aromatic rings. The van der Waals surface area contributed by atoms with Gasteiger partial charge in [0.15, 0.2) is 0 Å². The second-order valence-electron chi connectivity index (χ2n) is 5.17. The normalized spacial score (nSPS) is 15.2. The van der Waals surface area contributed by atoms with Gasteiger partial charge in [0.2, 0.25) is 0 Å². The van der Waals surface area contributed by atoms with Crippen LogP contribution in [0.15, 0.2) is 18.3 Å². The lowest BCUT2D eigenvalue weighted by atomic mass is 10.0. The van der Waals surface area contributed by atoms with E-state index in [2.05, 4.69) is 41.2 Å². The molecule has 0 spiro atoms. The number of nitrogens with one attached hydrogen (secondary N) is 1. The molecule has 1 aliphatic rings. The zero-order valence-corrected chi connectivity index (χ0v) is 13.3. The third-order valence-corrected chi connectivity index (χ3v) is 3.95. The van der Waals surface area contributed by atoms with E-state index < -0.39 is 0 Å². The van der Waals surface area contributed by atoms with Gasteiger partial charge < -0.3 is 10.2 Å². The van der Waals surface area contributed by atoms with E-state index in [-0.39, 0.29) is 12.4 Å². The first-order valence-electron chi connectivity index (χ1n) is 6.68. The Labute approximate surface area is 130 Å². The molecule has 3 rings (SSSR count). The van der Waals surface area contributed by atoms with Gasteiger partial charge >= 0.3 is 0 Å². The second-order valence-corrected chi connectivity index (χ2v) is 5.57. The minimum Gasteiger partial charge on any atom is -0.367 e. The lowest BCUT2D eigenvalue weighted by Gasteiger charge is -2.31. The van der Waals surface area contributed by atoms with Crippen LogP contribution in [0.4, 0.5) is 5.69 Å². The van der Waals surface area contributed by atoms with Gasteiger partial charge in [-0.25, -0.2) is 0 Å². The van der Waals surface area contributed by atoms with Crippen molar-refractivity contribution in [2.24, 2.45) is 0 Å². The Morgan fingerprint density at radius 1 is 1.20 bits per heavy atom. The molecule has 3 nitrogen and oxygen atoms in total. The summed E-state index contributed by atoms with van der Waals surface area (Å²) < 4.78 is 0. The van der Waals surface area contributed by atoms with Gasteiger partial charge in [0.25, 0.3) is 0 Å². The molecule has 1 saturated heterocycles. The summed E-state index contributed by atoms with van der Waals surface area (Å²) in [5.41, 5.74) is 4.67. The average molecular weight is 312 g/mol. The van der Waals surface area contributed by atoms with Crippen LogP contribution < -0.4 is 10.2 Å². The van der Waals surface area contributed by atoms with Crippen LogP contribution in [0.5, 0.6) is 0 Å². The van der Waals surface area contributed by atoms with E-state index in [1.807, 2.05) is 0 Å². The van der Waals surface area contributed by atoms with Gasteiger partial charge in [-0.3, -0.25) is 4.98 Å². The number of rotatable bonds is 1. The minimum absolute atomic E-state index is 0. The topological polar surface area (TPSA) is 28.2 Å². The predicted octanol–water partition coefficient (Wildman–Crippen LogP) is 3.34. The van der Waals surface area contributed by atoms with Crippen LogP contribution in [-0.4, -0.2) is 31.2 Å². The van der Waals surface area contributed by atoms with Crippen molar-refractivity contribution in [3.63, 3.8) is 0 Å². The first kappa shape index (κ1) is 15.4. The summed E-state index contributed by atoms with van der Waals surface area (Å²) >= 11 is 6.42. The third-order valence-electron chi connectivity index (χ3n) is 3.67. The summed E-state index contributed by atoms with van der Waals surface area (Å²) in [7, 11) is 0. The van der Waals surface area contributed by atoms with Crippen molar-refractivity contribution >= 4 is 40.6 Å². The van der Waals surface area contributed by atoms with Crippen LogP contribution in [0.25, 0.3) is 10.9 Å². The fourth-order valence-corrected chi connectivity index (χ4v) is 3.12. The van der Waals surface area contributed by atoms with E-state index in [0.29, 0.717) is 0 Å². The zero-order valence-electron chi connectivity index (χ0n) is 11.7. The molecule has 0 amide bonds. The molecule has 2 heterocycles. The molecule has 1 N–H and O–H groups in total. The number of hydrogen-bond acceptors (Lipinski definition) is 3. The van der Waals surface area contributed by atoms with Gasteiger partial charge in [0, 0.05) is 37.8 Å². The zero-order chi connectivity index (χ0) is 13.4. The fraction of sp³-hybridized carbons (Fsp3) is 0.400. The molecule has 108 valence electrons. The number of halogens is 2. The first-order chi connectivity index (χ1) is 9.16. The number of anilines is 1. The highest BCUT2D eigenvalue weighted by atomic mass is 35.5. The first-order valence-corrected chi connectivity index (χ1v) is 7.06. The quantitative estimate of drug-likeness (QED) is 0.875. The molecule has 0 atom stereocenters. The second kappa shape index (κ2) is 6.17. The SMILES string of the molecule is Cc1cc(C)c2c(N3CCNCC3)c(Cl)cnc2c1.Cl. The molecular weight excluding hydrogens is 293 g/mol. The number of piperazine rings is 1. The fourth-order valence-electron chi connectivity index (χ4n) is 2.86. The highest BCUT2D eigenvalue weighted by molar-refractivity contribution is 6.34. The summed E-state index contributed by atoms with van der Waals surface area (Å²) in [6, 6.07) is 4.33. The number of aromatic nitrogens is 1. The summed E-state index contributed by atoms with van der Waals surface area (Å²) in [4.78, 5) is 6.85. The standard InChI is InChI=1S/C15H18ClN3.ClH/c1-10-7-11(2)14-13(8-10)18-9-12(16)15(14)19-5-3-17-4-6-19;/h7-9,17H,3-6H2,1-2H3;1H. The van der Waals surface area contributed by atoms with Crippen molar-refractivity contribution < 1.29 is 0 Å². The molecule has 20 heavy (non-hydrogen) atoms. The molecule has 0 aliphatic carbocycles. The lowest BCUT2D eigenvalue weighted by Crippen LogP contribution is -2.43. The molecule has 1 aliphatic heterocycles. The molecule has 1 fully saturated rings.